The van der Waals surface area contributed by atoms with E-state index in [4.69, 9.17) is 27.9 Å². The van der Waals surface area contributed by atoms with Gasteiger partial charge >= 0.3 is 0 Å². The average molecular weight is 393 g/mol. The summed E-state index contributed by atoms with van der Waals surface area (Å²) in [5.41, 5.74) is 2.01. The van der Waals surface area contributed by atoms with Gasteiger partial charge in [-0.25, -0.2) is 0 Å². The van der Waals surface area contributed by atoms with E-state index in [1.165, 1.54) is 7.11 Å². The summed E-state index contributed by atoms with van der Waals surface area (Å²) in [6.07, 6.45) is 0.126. The van der Waals surface area contributed by atoms with Crippen LogP contribution < -0.4 is 15.0 Å². The van der Waals surface area contributed by atoms with Crippen LogP contribution in [0.2, 0.25) is 10.0 Å². The molecule has 1 saturated heterocycles. The fourth-order valence-corrected chi connectivity index (χ4v) is 3.31. The van der Waals surface area contributed by atoms with Crippen molar-refractivity contribution in [2.45, 2.75) is 13.3 Å². The highest BCUT2D eigenvalue weighted by molar-refractivity contribution is 6.32. The van der Waals surface area contributed by atoms with Gasteiger partial charge in [0.15, 0.2) is 0 Å². The smallest absolute Gasteiger partial charge is 0.229 e. The summed E-state index contributed by atoms with van der Waals surface area (Å²) in [7, 11) is 1.53. The van der Waals surface area contributed by atoms with Gasteiger partial charge in [-0.3, -0.25) is 9.59 Å². The van der Waals surface area contributed by atoms with Crippen molar-refractivity contribution in [1.29, 1.82) is 0 Å². The minimum Gasteiger partial charge on any atom is -0.495 e. The monoisotopic (exact) mass is 392 g/mol. The maximum Gasteiger partial charge on any atom is 0.229 e. The number of ether oxygens (including phenoxy) is 1. The summed E-state index contributed by atoms with van der Waals surface area (Å²) in [5.74, 6) is -0.292. The summed E-state index contributed by atoms with van der Waals surface area (Å²) in [6, 6.07) is 10.4. The fourth-order valence-electron chi connectivity index (χ4n) is 2.97. The molecule has 1 fully saturated rings. The van der Waals surface area contributed by atoms with Crippen LogP contribution in [0.15, 0.2) is 36.4 Å². The number of carbonyl (C=O) groups excluding carboxylic acids is 2. The first kappa shape index (κ1) is 18.5. The van der Waals surface area contributed by atoms with Crippen LogP contribution in [0.4, 0.5) is 11.4 Å². The number of amides is 2. The van der Waals surface area contributed by atoms with Gasteiger partial charge in [0.25, 0.3) is 0 Å². The lowest BCUT2D eigenvalue weighted by molar-refractivity contribution is -0.122. The van der Waals surface area contributed by atoms with E-state index >= 15 is 0 Å². The van der Waals surface area contributed by atoms with Crippen LogP contribution in [0.5, 0.6) is 5.75 Å². The third-order valence-corrected chi connectivity index (χ3v) is 5.10. The van der Waals surface area contributed by atoms with E-state index in [0.717, 1.165) is 5.56 Å². The number of benzene rings is 2. The van der Waals surface area contributed by atoms with E-state index in [-0.39, 0.29) is 24.8 Å². The van der Waals surface area contributed by atoms with Crippen LogP contribution in [-0.2, 0) is 9.59 Å². The third kappa shape index (κ3) is 3.64. The number of nitrogens with one attached hydrogen (secondary N) is 1. The maximum absolute atomic E-state index is 12.6. The van der Waals surface area contributed by atoms with Gasteiger partial charge in [0.2, 0.25) is 11.8 Å². The lowest BCUT2D eigenvalue weighted by Crippen LogP contribution is -2.28. The van der Waals surface area contributed by atoms with Gasteiger partial charge in [-0.2, -0.15) is 0 Å². The van der Waals surface area contributed by atoms with Gasteiger partial charge in [0, 0.05) is 28.7 Å². The lowest BCUT2D eigenvalue weighted by Gasteiger charge is -2.20. The molecule has 3 rings (SSSR count). The largest absolute Gasteiger partial charge is 0.495 e. The molecule has 1 aliphatic heterocycles. The Morgan fingerprint density at radius 1 is 1.27 bits per heavy atom. The standard InChI is InChI=1S/C19H18Cl2N2O3/c1-11-14(21)4-3-5-15(11)22-19(25)12-8-18(24)23(10-12)16-9-13(20)6-7-17(16)26-2/h3-7,9,12H,8,10H2,1-2H3,(H,22,25). The Morgan fingerprint density at radius 3 is 2.77 bits per heavy atom. The molecule has 5 nitrogen and oxygen atoms in total. The van der Waals surface area contributed by atoms with Gasteiger partial charge in [-0.1, -0.05) is 29.3 Å². The highest BCUT2D eigenvalue weighted by Gasteiger charge is 2.36. The normalized spacial score (nSPS) is 16.7. The molecule has 2 amide bonds. The van der Waals surface area contributed by atoms with Crippen molar-refractivity contribution in [3.63, 3.8) is 0 Å². The van der Waals surface area contributed by atoms with Gasteiger partial charge in [0.05, 0.1) is 18.7 Å². The molecule has 0 bridgehead atoms. The summed E-state index contributed by atoms with van der Waals surface area (Å²) >= 11 is 12.1. The van der Waals surface area contributed by atoms with Crippen LogP contribution in [0.3, 0.4) is 0 Å². The average Bonchev–Trinajstić information content (AvgIpc) is 3.00. The number of methoxy groups -OCH3 is 1. The number of hydrogen-bond donors (Lipinski definition) is 1. The Labute approximate surface area is 161 Å². The zero-order valence-electron chi connectivity index (χ0n) is 14.4. The Balaban J connectivity index is 1.78. The van der Waals surface area contributed by atoms with Crippen molar-refractivity contribution in [3.8, 4) is 5.75 Å². The maximum atomic E-state index is 12.6. The third-order valence-electron chi connectivity index (χ3n) is 4.45. The molecule has 7 heteroatoms. The minimum atomic E-state index is -0.468. The van der Waals surface area contributed by atoms with E-state index in [1.54, 1.807) is 41.3 Å². The van der Waals surface area contributed by atoms with Gasteiger partial charge in [0.1, 0.15) is 5.75 Å². The number of carbonyl (C=O) groups is 2. The summed E-state index contributed by atoms with van der Waals surface area (Å²) in [5, 5.41) is 3.94. The highest BCUT2D eigenvalue weighted by Crippen LogP contribution is 2.35. The van der Waals surface area contributed by atoms with Gasteiger partial charge in [-0.15, -0.1) is 0 Å². The predicted octanol–water partition coefficient (Wildman–Crippen LogP) is 4.30. The molecular weight excluding hydrogens is 375 g/mol. The molecule has 0 aromatic heterocycles. The number of anilines is 2. The van der Waals surface area contributed by atoms with E-state index in [2.05, 4.69) is 5.32 Å². The van der Waals surface area contributed by atoms with E-state index in [1.807, 2.05) is 6.92 Å². The molecule has 26 heavy (non-hydrogen) atoms. The van der Waals surface area contributed by atoms with Crippen LogP contribution in [0, 0.1) is 12.8 Å². The Morgan fingerprint density at radius 2 is 2.04 bits per heavy atom. The quantitative estimate of drug-likeness (QED) is 0.843. The first-order valence-electron chi connectivity index (χ1n) is 8.10. The second-order valence-corrected chi connectivity index (χ2v) is 6.97. The predicted molar refractivity (Wildman–Crippen MR) is 103 cm³/mol. The van der Waals surface area contributed by atoms with Crippen LogP contribution in [-0.4, -0.2) is 25.5 Å². The molecule has 1 unspecified atom stereocenters. The zero-order valence-corrected chi connectivity index (χ0v) is 15.9. The first-order chi connectivity index (χ1) is 12.4. The second kappa shape index (κ2) is 7.56. The van der Waals surface area contributed by atoms with Crippen molar-refractivity contribution in [2.75, 3.05) is 23.9 Å². The van der Waals surface area contributed by atoms with Crippen molar-refractivity contribution in [2.24, 2.45) is 5.92 Å². The van der Waals surface area contributed by atoms with Crippen LogP contribution >= 0.6 is 23.2 Å². The lowest BCUT2D eigenvalue weighted by atomic mass is 10.1. The molecule has 2 aromatic rings. The molecule has 0 saturated carbocycles. The van der Waals surface area contributed by atoms with E-state index < -0.39 is 5.92 Å². The Bertz CT molecular complexity index is 870. The van der Waals surface area contributed by atoms with E-state index in [9.17, 15) is 9.59 Å². The fraction of sp³-hybridized carbons (Fsp3) is 0.263. The molecule has 1 heterocycles. The topological polar surface area (TPSA) is 58.6 Å². The second-order valence-electron chi connectivity index (χ2n) is 6.12. The first-order valence-corrected chi connectivity index (χ1v) is 8.86. The number of hydrogen-bond acceptors (Lipinski definition) is 3. The molecule has 136 valence electrons. The summed E-state index contributed by atoms with van der Waals surface area (Å²) in [6.45, 7) is 2.10. The summed E-state index contributed by atoms with van der Waals surface area (Å²) < 4.78 is 5.31. The Kier molecular flexibility index (Phi) is 5.39. The van der Waals surface area contributed by atoms with Crippen molar-refractivity contribution < 1.29 is 14.3 Å². The van der Waals surface area contributed by atoms with Gasteiger partial charge in [-0.05, 0) is 42.8 Å². The molecular formula is C19H18Cl2N2O3. The van der Waals surface area contributed by atoms with Crippen molar-refractivity contribution in [3.05, 3.63) is 52.0 Å². The molecule has 2 aromatic carbocycles. The zero-order chi connectivity index (χ0) is 18.8. The molecule has 1 N–H and O–H groups in total. The number of nitrogens with zero attached hydrogens (tertiary/aromatic N) is 1. The van der Waals surface area contributed by atoms with Crippen molar-refractivity contribution in [1.82, 2.24) is 0 Å². The van der Waals surface area contributed by atoms with E-state index in [0.29, 0.717) is 27.2 Å². The SMILES string of the molecule is COc1ccc(Cl)cc1N1CC(C(=O)Nc2cccc(Cl)c2C)CC1=O. The summed E-state index contributed by atoms with van der Waals surface area (Å²) in [4.78, 5) is 26.6. The van der Waals surface area contributed by atoms with Crippen LogP contribution in [0.1, 0.15) is 12.0 Å². The molecule has 1 aliphatic rings. The Hall–Kier alpha value is -2.24. The highest BCUT2D eigenvalue weighted by atomic mass is 35.5. The minimum absolute atomic E-state index is 0.126. The molecule has 0 radical (unpaired) electrons. The van der Waals surface area contributed by atoms with Gasteiger partial charge < -0.3 is 15.0 Å². The van der Waals surface area contributed by atoms with Crippen LogP contribution in [0.25, 0.3) is 0 Å². The van der Waals surface area contributed by atoms with Crippen molar-refractivity contribution >= 4 is 46.4 Å². The number of halogens is 2. The number of rotatable bonds is 4. The molecule has 0 aliphatic carbocycles. The molecule has 1 atom stereocenters. The molecule has 0 spiro atoms.